The van der Waals surface area contributed by atoms with E-state index in [1.54, 1.807) is 12.1 Å². The Balaban J connectivity index is 1.25. The van der Waals surface area contributed by atoms with E-state index in [2.05, 4.69) is 12.2 Å². The molecule has 6 heteroatoms. The Bertz CT molecular complexity index is 830. The van der Waals surface area contributed by atoms with Crippen LogP contribution in [0.15, 0.2) is 41.3 Å². The number of aryl methyl sites for hydroxylation is 1. The first-order chi connectivity index (χ1) is 15.1. The van der Waals surface area contributed by atoms with Crippen LogP contribution in [-0.4, -0.2) is 44.3 Å². The highest BCUT2D eigenvalue weighted by Crippen LogP contribution is 2.46. The highest BCUT2D eigenvalue weighted by molar-refractivity contribution is 7.89. The third-order valence-electron chi connectivity index (χ3n) is 7.02. The smallest absolute Gasteiger partial charge is 0.243 e. The van der Waals surface area contributed by atoms with Crippen molar-refractivity contribution in [1.29, 1.82) is 0 Å². The number of rotatable bonds is 10. The second-order valence-corrected chi connectivity index (χ2v) is 11.2. The summed E-state index contributed by atoms with van der Waals surface area (Å²) < 4.78 is 39.9. The summed E-state index contributed by atoms with van der Waals surface area (Å²) in [7, 11) is -3.43. The van der Waals surface area contributed by atoms with Crippen molar-refractivity contribution in [2.24, 2.45) is 5.92 Å². The summed E-state index contributed by atoms with van der Waals surface area (Å²) in [6.45, 7) is 3.57. The number of fused-ring (bicyclic) bond motifs is 2. The molecule has 0 N–H and O–H groups in total. The Hall–Kier alpha value is -1.21. The van der Waals surface area contributed by atoms with Crippen molar-refractivity contribution in [3.63, 3.8) is 0 Å². The van der Waals surface area contributed by atoms with Gasteiger partial charge >= 0.3 is 0 Å². The number of hydrogen-bond acceptors (Lipinski definition) is 4. The molecule has 1 aliphatic carbocycles. The molecule has 0 aromatic heterocycles. The SMILES string of the molecule is Cc1ccc(S(=O)(=O)N2[C@H]3CC[C@H](C3)[C@@H]2C/C=C\CCCCOC2CCCCO2)cc1. The summed E-state index contributed by atoms with van der Waals surface area (Å²) in [5.74, 6) is 0.499. The zero-order valence-corrected chi connectivity index (χ0v) is 19.6. The average Bonchev–Trinajstić information content (AvgIpc) is 3.38. The second-order valence-electron chi connectivity index (χ2n) is 9.31. The molecule has 1 saturated carbocycles. The van der Waals surface area contributed by atoms with E-state index in [4.69, 9.17) is 9.47 Å². The Labute approximate surface area is 187 Å². The van der Waals surface area contributed by atoms with Crippen LogP contribution in [0.2, 0.25) is 0 Å². The molecular formula is C25H37NO4S. The molecule has 2 saturated heterocycles. The van der Waals surface area contributed by atoms with Crippen LogP contribution in [-0.2, 0) is 19.5 Å². The van der Waals surface area contributed by atoms with Gasteiger partial charge in [0.05, 0.1) is 4.90 Å². The topological polar surface area (TPSA) is 55.8 Å². The lowest BCUT2D eigenvalue weighted by molar-refractivity contribution is -0.162. The standard InChI is InChI=1S/C25H37NO4S/c1-20-11-15-23(16-12-20)31(27,28)26-22-14-13-21(19-22)24(26)9-5-3-2-4-7-17-29-25-10-6-8-18-30-25/h3,5,11-12,15-16,21-22,24-25H,2,4,6-10,13-14,17-19H2,1H3/b5-3-/t21-,22+,24+,25?/m1/s1. The quantitative estimate of drug-likeness (QED) is 0.366. The summed E-state index contributed by atoms with van der Waals surface area (Å²) in [6.07, 6.45) is 14.9. The molecule has 4 rings (SSSR count). The molecule has 3 aliphatic rings. The molecule has 1 aromatic carbocycles. The molecule has 2 aliphatic heterocycles. The minimum absolute atomic E-state index is 0.00328. The molecule has 0 spiro atoms. The molecule has 1 unspecified atom stereocenters. The molecule has 2 heterocycles. The lowest BCUT2D eigenvalue weighted by Crippen LogP contribution is -2.44. The first-order valence-electron chi connectivity index (χ1n) is 12.0. The van der Waals surface area contributed by atoms with Gasteiger partial charge in [-0.05, 0) is 89.2 Å². The van der Waals surface area contributed by atoms with Gasteiger partial charge in [0.2, 0.25) is 10.0 Å². The second kappa shape index (κ2) is 10.6. The van der Waals surface area contributed by atoms with Crippen molar-refractivity contribution in [3.8, 4) is 0 Å². The molecule has 2 bridgehead atoms. The van der Waals surface area contributed by atoms with Gasteiger partial charge < -0.3 is 9.47 Å². The average molecular weight is 448 g/mol. The maximum absolute atomic E-state index is 13.4. The van der Waals surface area contributed by atoms with E-state index < -0.39 is 10.0 Å². The van der Waals surface area contributed by atoms with Gasteiger partial charge in [-0.25, -0.2) is 8.42 Å². The Kier molecular flexibility index (Phi) is 7.86. The highest BCUT2D eigenvalue weighted by Gasteiger charge is 2.50. The van der Waals surface area contributed by atoms with Gasteiger partial charge in [-0.3, -0.25) is 0 Å². The maximum Gasteiger partial charge on any atom is 0.243 e. The third kappa shape index (κ3) is 5.59. The van der Waals surface area contributed by atoms with Crippen LogP contribution in [0, 0.1) is 12.8 Å². The largest absolute Gasteiger partial charge is 0.353 e. The molecule has 3 fully saturated rings. The molecule has 31 heavy (non-hydrogen) atoms. The fourth-order valence-corrected chi connectivity index (χ4v) is 7.25. The Morgan fingerprint density at radius 1 is 1.10 bits per heavy atom. The van der Waals surface area contributed by atoms with Gasteiger partial charge in [0.15, 0.2) is 6.29 Å². The zero-order chi connectivity index (χ0) is 21.7. The van der Waals surface area contributed by atoms with Crippen LogP contribution in [0.4, 0.5) is 0 Å². The van der Waals surface area contributed by atoms with Gasteiger partial charge in [0, 0.05) is 25.3 Å². The maximum atomic E-state index is 13.4. The number of allylic oxidation sites excluding steroid dienone is 1. The Morgan fingerprint density at radius 2 is 1.94 bits per heavy atom. The summed E-state index contributed by atoms with van der Waals surface area (Å²) in [6, 6.07) is 7.57. The molecule has 172 valence electrons. The van der Waals surface area contributed by atoms with Gasteiger partial charge in [-0.1, -0.05) is 29.8 Å². The summed E-state index contributed by atoms with van der Waals surface area (Å²) in [5.41, 5.74) is 1.08. The summed E-state index contributed by atoms with van der Waals surface area (Å²) >= 11 is 0. The lowest BCUT2D eigenvalue weighted by Gasteiger charge is -2.33. The van der Waals surface area contributed by atoms with Gasteiger partial charge in [0.1, 0.15) is 0 Å². The van der Waals surface area contributed by atoms with Crippen LogP contribution in [0.25, 0.3) is 0 Å². The van der Waals surface area contributed by atoms with E-state index in [0.717, 1.165) is 76.6 Å². The summed E-state index contributed by atoms with van der Waals surface area (Å²) in [5, 5.41) is 0. The molecule has 5 nitrogen and oxygen atoms in total. The fraction of sp³-hybridized carbons (Fsp3) is 0.680. The van der Waals surface area contributed by atoms with E-state index in [-0.39, 0.29) is 18.4 Å². The first kappa shape index (κ1) is 23.0. The minimum Gasteiger partial charge on any atom is -0.353 e. The molecule has 1 aromatic rings. The van der Waals surface area contributed by atoms with Crippen molar-refractivity contribution < 1.29 is 17.9 Å². The van der Waals surface area contributed by atoms with Crippen LogP contribution >= 0.6 is 0 Å². The van der Waals surface area contributed by atoms with Gasteiger partial charge in [0.25, 0.3) is 0 Å². The number of sulfonamides is 1. The van der Waals surface area contributed by atoms with Crippen molar-refractivity contribution in [3.05, 3.63) is 42.0 Å². The van der Waals surface area contributed by atoms with E-state index in [1.165, 1.54) is 6.42 Å². The van der Waals surface area contributed by atoms with Crippen molar-refractivity contribution >= 4 is 10.0 Å². The molecular weight excluding hydrogens is 410 g/mol. The predicted molar refractivity (Wildman–Crippen MR) is 122 cm³/mol. The third-order valence-corrected chi connectivity index (χ3v) is 9.02. The number of piperidine rings is 1. The number of hydrogen-bond donors (Lipinski definition) is 0. The summed E-state index contributed by atoms with van der Waals surface area (Å²) in [4.78, 5) is 0.432. The Morgan fingerprint density at radius 3 is 2.71 bits per heavy atom. The number of nitrogens with zero attached hydrogens (tertiary/aromatic N) is 1. The van der Waals surface area contributed by atoms with Crippen molar-refractivity contribution in [2.75, 3.05) is 13.2 Å². The first-order valence-corrected chi connectivity index (χ1v) is 13.5. The number of benzene rings is 1. The zero-order valence-electron chi connectivity index (χ0n) is 18.7. The minimum atomic E-state index is -3.43. The van der Waals surface area contributed by atoms with E-state index in [0.29, 0.717) is 10.8 Å². The van der Waals surface area contributed by atoms with Crippen LogP contribution in [0.1, 0.15) is 69.8 Å². The van der Waals surface area contributed by atoms with E-state index in [9.17, 15) is 8.42 Å². The van der Waals surface area contributed by atoms with Crippen LogP contribution in [0.5, 0.6) is 0 Å². The fourth-order valence-electron chi connectivity index (χ4n) is 5.33. The van der Waals surface area contributed by atoms with Gasteiger partial charge in [-0.2, -0.15) is 4.31 Å². The highest BCUT2D eigenvalue weighted by atomic mass is 32.2. The normalized spacial score (nSPS) is 29.2. The molecule has 0 radical (unpaired) electrons. The number of unbranched alkanes of at least 4 members (excludes halogenated alkanes) is 2. The predicted octanol–water partition coefficient (Wildman–Crippen LogP) is 5.20. The number of ether oxygens (including phenoxy) is 2. The van der Waals surface area contributed by atoms with Gasteiger partial charge in [-0.15, -0.1) is 0 Å². The van der Waals surface area contributed by atoms with Crippen molar-refractivity contribution in [1.82, 2.24) is 4.31 Å². The van der Waals surface area contributed by atoms with Crippen molar-refractivity contribution in [2.45, 2.75) is 94.4 Å². The lowest BCUT2D eigenvalue weighted by atomic mass is 9.97. The monoisotopic (exact) mass is 447 g/mol. The molecule has 0 amide bonds. The van der Waals surface area contributed by atoms with Crippen LogP contribution < -0.4 is 0 Å². The van der Waals surface area contributed by atoms with E-state index in [1.807, 2.05) is 23.4 Å². The van der Waals surface area contributed by atoms with Crippen LogP contribution in [0.3, 0.4) is 0 Å². The molecule has 4 atom stereocenters. The van der Waals surface area contributed by atoms with E-state index >= 15 is 0 Å².